The smallest absolute Gasteiger partial charge is 0.356 e. The summed E-state index contributed by atoms with van der Waals surface area (Å²) >= 11 is 0. The van der Waals surface area contributed by atoms with E-state index < -0.39 is 5.97 Å². The summed E-state index contributed by atoms with van der Waals surface area (Å²) in [5.41, 5.74) is 0.903. The van der Waals surface area contributed by atoms with Crippen LogP contribution in [0.3, 0.4) is 0 Å². The van der Waals surface area contributed by atoms with Crippen LogP contribution >= 0.6 is 0 Å². The van der Waals surface area contributed by atoms with Gasteiger partial charge >= 0.3 is 5.97 Å². The quantitative estimate of drug-likeness (QED) is 0.908. The molecule has 0 atom stereocenters. The molecule has 0 saturated carbocycles. The lowest BCUT2D eigenvalue weighted by atomic mass is 10.2. The third kappa shape index (κ3) is 2.98. The first kappa shape index (κ1) is 12.8. The van der Waals surface area contributed by atoms with E-state index in [2.05, 4.69) is 9.97 Å². The first-order chi connectivity index (χ1) is 9.10. The van der Waals surface area contributed by atoms with Crippen molar-refractivity contribution < 1.29 is 19.4 Å². The summed E-state index contributed by atoms with van der Waals surface area (Å²) in [6, 6.07) is 5.45. The van der Waals surface area contributed by atoms with Crippen molar-refractivity contribution in [3.05, 3.63) is 41.9 Å². The predicted octanol–water partition coefficient (Wildman–Crippen LogP) is 2.28. The Bertz CT molecular complexity index is 596. The van der Waals surface area contributed by atoms with Crippen LogP contribution in [-0.4, -0.2) is 28.2 Å². The number of hydrogen-bond acceptors (Lipinski definition) is 5. The number of carbonyl (C=O) groups is 1. The molecule has 6 nitrogen and oxygen atoms in total. The number of nitrogens with zero attached hydrogens (tertiary/aromatic N) is 2. The highest BCUT2D eigenvalue weighted by atomic mass is 16.5. The molecule has 1 aromatic heterocycles. The van der Waals surface area contributed by atoms with Gasteiger partial charge in [0.05, 0.1) is 19.5 Å². The third-order valence-corrected chi connectivity index (χ3v) is 2.38. The average molecular weight is 260 g/mol. The molecule has 0 amide bonds. The van der Waals surface area contributed by atoms with Crippen molar-refractivity contribution in [1.82, 2.24) is 9.97 Å². The Balaban J connectivity index is 2.23. The second-order valence-corrected chi connectivity index (χ2v) is 3.80. The molecule has 0 unspecified atom stereocenters. The SMILES string of the molecule is COc1cc(C)ccc1Oc1cnc(C(=O)O)cn1. The van der Waals surface area contributed by atoms with Gasteiger partial charge in [0, 0.05) is 0 Å². The minimum atomic E-state index is -1.13. The minimum absolute atomic E-state index is 0.136. The summed E-state index contributed by atoms with van der Waals surface area (Å²) < 4.78 is 10.7. The second kappa shape index (κ2) is 5.34. The fourth-order valence-corrected chi connectivity index (χ4v) is 1.45. The Hall–Kier alpha value is -2.63. The molecule has 0 bridgehead atoms. The first-order valence-electron chi connectivity index (χ1n) is 5.48. The lowest BCUT2D eigenvalue weighted by Crippen LogP contribution is -2.01. The molecule has 1 heterocycles. The number of rotatable bonds is 4. The molecule has 0 aliphatic carbocycles. The molecule has 0 aliphatic heterocycles. The first-order valence-corrected chi connectivity index (χ1v) is 5.48. The highest BCUT2D eigenvalue weighted by Crippen LogP contribution is 2.30. The van der Waals surface area contributed by atoms with E-state index in [9.17, 15) is 4.79 Å². The lowest BCUT2D eigenvalue weighted by molar-refractivity contribution is 0.0690. The van der Waals surface area contributed by atoms with Crippen molar-refractivity contribution >= 4 is 5.97 Å². The second-order valence-electron chi connectivity index (χ2n) is 3.80. The normalized spacial score (nSPS) is 10.0. The summed E-state index contributed by atoms with van der Waals surface area (Å²) in [4.78, 5) is 18.2. The molecule has 0 spiro atoms. The van der Waals surface area contributed by atoms with E-state index in [1.54, 1.807) is 13.2 Å². The molecule has 0 saturated heterocycles. The Labute approximate surface area is 109 Å². The number of aryl methyl sites for hydroxylation is 1. The number of aromatic carboxylic acids is 1. The molecule has 2 rings (SSSR count). The Kier molecular flexibility index (Phi) is 3.61. The number of aromatic nitrogens is 2. The molecule has 0 fully saturated rings. The van der Waals surface area contributed by atoms with Crippen molar-refractivity contribution in [3.63, 3.8) is 0 Å². The predicted molar refractivity (Wildman–Crippen MR) is 66.8 cm³/mol. The molecule has 2 aromatic rings. The van der Waals surface area contributed by atoms with Crippen molar-refractivity contribution in [2.45, 2.75) is 6.92 Å². The van der Waals surface area contributed by atoms with E-state index in [1.165, 1.54) is 6.20 Å². The number of methoxy groups -OCH3 is 1. The molecule has 0 radical (unpaired) electrons. The zero-order valence-corrected chi connectivity index (χ0v) is 10.5. The van der Waals surface area contributed by atoms with Gasteiger partial charge in [-0.25, -0.2) is 14.8 Å². The zero-order valence-electron chi connectivity index (χ0n) is 10.5. The van der Waals surface area contributed by atoms with Crippen molar-refractivity contribution in [2.75, 3.05) is 7.11 Å². The maximum Gasteiger partial charge on any atom is 0.356 e. The maximum absolute atomic E-state index is 10.6. The van der Waals surface area contributed by atoms with Crippen LogP contribution in [0.5, 0.6) is 17.4 Å². The van der Waals surface area contributed by atoms with Gasteiger partial charge in [0.15, 0.2) is 17.2 Å². The van der Waals surface area contributed by atoms with Crippen molar-refractivity contribution in [2.24, 2.45) is 0 Å². The number of ether oxygens (including phenoxy) is 2. The van der Waals surface area contributed by atoms with Crippen LogP contribution in [0.1, 0.15) is 16.1 Å². The molecule has 1 aromatic carbocycles. The van der Waals surface area contributed by atoms with E-state index in [4.69, 9.17) is 14.6 Å². The summed E-state index contributed by atoms with van der Waals surface area (Å²) in [6.07, 6.45) is 2.39. The van der Waals surface area contributed by atoms with Gasteiger partial charge < -0.3 is 14.6 Å². The zero-order chi connectivity index (χ0) is 13.8. The van der Waals surface area contributed by atoms with Gasteiger partial charge in [-0.1, -0.05) is 6.07 Å². The molecule has 19 heavy (non-hydrogen) atoms. The standard InChI is InChI=1S/C13H12N2O4/c1-8-3-4-10(11(5-8)18-2)19-12-7-14-9(6-15-12)13(16)17/h3-7H,1-2H3,(H,16,17). The number of benzene rings is 1. The summed E-state index contributed by atoms with van der Waals surface area (Å²) in [5.74, 6) is 0.133. The third-order valence-electron chi connectivity index (χ3n) is 2.38. The summed E-state index contributed by atoms with van der Waals surface area (Å²) in [5, 5.41) is 8.71. The number of carboxylic acids is 1. The topological polar surface area (TPSA) is 81.5 Å². The Morgan fingerprint density at radius 3 is 2.58 bits per heavy atom. The van der Waals surface area contributed by atoms with Crippen LogP contribution in [0.25, 0.3) is 0 Å². The van der Waals surface area contributed by atoms with E-state index in [0.717, 1.165) is 11.8 Å². The van der Waals surface area contributed by atoms with Crippen molar-refractivity contribution in [1.29, 1.82) is 0 Å². The fourth-order valence-electron chi connectivity index (χ4n) is 1.45. The number of hydrogen-bond donors (Lipinski definition) is 1. The molecule has 6 heteroatoms. The molecule has 98 valence electrons. The average Bonchev–Trinajstić information content (AvgIpc) is 2.41. The van der Waals surface area contributed by atoms with Gasteiger partial charge in [0.25, 0.3) is 0 Å². The van der Waals surface area contributed by atoms with E-state index in [-0.39, 0.29) is 11.6 Å². The van der Waals surface area contributed by atoms with Crippen LogP contribution in [-0.2, 0) is 0 Å². The molecular weight excluding hydrogens is 248 g/mol. The summed E-state index contributed by atoms with van der Waals surface area (Å²) in [7, 11) is 1.54. The van der Waals surface area contributed by atoms with E-state index >= 15 is 0 Å². The van der Waals surface area contributed by atoms with Gasteiger partial charge in [0.2, 0.25) is 5.88 Å². The number of carboxylic acid groups (broad SMARTS) is 1. The van der Waals surface area contributed by atoms with Gasteiger partial charge in [-0.15, -0.1) is 0 Å². The minimum Gasteiger partial charge on any atom is -0.493 e. The van der Waals surface area contributed by atoms with Gasteiger partial charge in [0.1, 0.15) is 0 Å². The fraction of sp³-hybridized carbons (Fsp3) is 0.154. The largest absolute Gasteiger partial charge is 0.493 e. The van der Waals surface area contributed by atoms with Gasteiger partial charge in [-0.2, -0.15) is 0 Å². The Morgan fingerprint density at radius 1 is 1.21 bits per heavy atom. The molecular formula is C13H12N2O4. The Morgan fingerprint density at radius 2 is 2.00 bits per heavy atom. The van der Waals surface area contributed by atoms with Crippen LogP contribution in [0.15, 0.2) is 30.6 Å². The summed E-state index contributed by atoms with van der Waals surface area (Å²) in [6.45, 7) is 1.94. The molecule has 0 aliphatic rings. The van der Waals surface area contributed by atoms with Crippen molar-refractivity contribution in [3.8, 4) is 17.4 Å². The maximum atomic E-state index is 10.6. The van der Waals surface area contributed by atoms with Gasteiger partial charge in [-0.3, -0.25) is 0 Å². The monoisotopic (exact) mass is 260 g/mol. The van der Waals surface area contributed by atoms with Crippen LogP contribution in [0.2, 0.25) is 0 Å². The van der Waals surface area contributed by atoms with Crippen LogP contribution in [0.4, 0.5) is 0 Å². The van der Waals surface area contributed by atoms with Crippen LogP contribution < -0.4 is 9.47 Å². The van der Waals surface area contributed by atoms with Gasteiger partial charge in [-0.05, 0) is 24.6 Å². The highest BCUT2D eigenvalue weighted by molar-refractivity contribution is 5.84. The van der Waals surface area contributed by atoms with E-state index in [0.29, 0.717) is 11.5 Å². The lowest BCUT2D eigenvalue weighted by Gasteiger charge is -2.09. The molecule has 1 N–H and O–H groups in total. The van der Waals surface area contributed by atoms with Crippen LogP contribution in [0, 0.1) is 6.92 Å². The van der Waals surface area contributed by atoms with E-state index in [1.807, 2.05) is 19.1 Å². The highest BCUT2D eigenvalue weighted by Gasteiger charge is 2.09.